The minimum atomic E-state index is -0.269. The first-order chi connectivity index (χ1) is 8.17. The van der Waals surface area contributed by atoms with E-state index in [0.717, 1.165) is 25.8 Å². The molecule has 0 saturated heterocycles. The Hall–Kier alpha value is -0.610. The highest BCUT2D eigenvalue weighted by molar-refractivity contribution is 9.10. The summed E-state index contributed by atoms with van der Waals surface area (Å²) >= 11 is 3.26. The lowest BCUT2D eigenvalue weighted by Crippen LogP contribution is -2.46. The summed E-state index contributed by atoms with van der Waals surface area (Å²) < 4.78 is 19.5. The summed E-state index contributed by atoms with van der Waals surface area (Å²) in [5.41, 5.74) is 0. The van der Waals surface area contributed by atoms with Gasteiger partial charge in [-0.15, -0.1) is 0 Å². The van der Waals surface area contributed by atoms with Crippen LogP contribution in [0.5, 0.6) is 5.75 Å². The van der Waals surface area contributed by atoms with Gasteiger partial charge in [0.05, 0.1) is 0 Å². The van der Waals surface area contributed by atoms with Crippen LogP contribution in [0.4, 0.5) is 4.39 Å². The number of benzene rings is 1. The number of rotatable bonds is 5. The fraction of sp³-hybridized carbons (Fsp3) is 0.538. The van der Waals surface area contributed by atoms with Crippen LogP contribution in [0.25, 0.3) is 0 Å². The first kappa shape index (κ1) is 12.8. The van der Waals surface area contributed by atoms with E-state index in [4.69, 9.17) is 4.74 Å². The van der Waals surface area contributed by atoms with E-state index in [2.05, 4.69) is 28.2 Å². The van der Waals surface area contributed by atoms with Gasteiger partial charge in [-0.1, -0.05) is 22.9 Å². The molecule has 2 nitrogen and oxygen atoms in total. The van der Waals surface area contributed by atoms with E-state index in [1.165, 1.54) is 12.1 Å². The van der Waals surface area contributed by atoms with E-state index in [1.807, 2.05) is 0 Å². The Labute approximate surface area is 110 Å². The van der Waals surface area contributed by atoms with Crippen molar-refractivity contribution >= 4 is 15.9 Å². The third kappa shape index (κ3) is 3.68. The first-order valence-corrected chi connectivity index (χ1v) is 6.83. The molecule has 0 aromatic heterocycles. The zero-order valence-corrected chi connectivity index (χ0v) is 11.5. The van der Waals surface area contributed by atoms with Gasteiger partial charge < -0.3 is 10.1 Å². The minimum Gasteiger partial charge on any atom is -0.490 e. The van der Waals surface area contributed by atoms with E-state index in [9.17, 15) is 4.39 Å². The van der Waals surface area contributed by atoms with Crippen molar-refractivity contribution in [2.45, 2.75) is 38.3 Å². The Bertz CT molecular complexity index is 359. The molecule has 0 atom stereocenters. The van der Waals surface area contributed by atoms with Crippen molar-refractivity contribution in [2.24, 2.45) is 0 Å². The molecular formula is C13H17BrFNO. The average molecular weight is 302 g/mol. The van der Waals surface area contributed by atoms with Gasteiger partial charge in [-0.25, -0.2) is 4.39 Å². The standard InChI is InChI=1S/C13H17BrFNO/c1-2-3-16-11-7-13(8-11)17-12-5-9(14)4-10(15)6-12/h4-6,11,13,16H,2-3,7-8H2,1H3. The van der Waals surface area contributed by atoms with Crippen LogP contribution in [0.15, 0.2) is 22.7 Å². The second kappa shape index (κ2) is 5.83. The molecule has 0 heterocycles. The highest BCUT2D eigenvalue weighted by Gasteiger charge is 2.30. The Morgan fingerprint density at radius 3 is 2.82 bits per heavy atom. The Morgan fingerprint density at radius 2 is 2.18 bits per heavy atom. The molecule has 1 N–H and O–H groups in total. The topological polar surface area (TPSA) is 21.3 Å². The van der Waals surface area contributed by atoms with Crippen LogP contribution in [-0.2, 0) is 0 Å². The maximum Gasteiger partial charge on any atom is 0.128 e. The molecular weight excluding hydrogens is 285 g/mol. The SMILES string of the molecule is CCCNC1CC(Oc2cc(F)cc(Br)c2)C1. The van der Waals surface area contributed by atoms with Crippen LogP contribution >= 0.6 is 15.9 Å². The van der Waals surface area contributed by atoms with Crippen molar-refractivity contribution in [3.05, 3.63) is 28.5 Å². The highest BCUT2D eigenvalue weighted by Crippen LogP contribution is 2.28. The quantitative estimate of drug-likeness (QED) is 0.899. The third-order valence-corrected chi connectivity index (χ3v) is 3.37. The third-order valence-electron chi connectivity index (χ3n) is 2.92. The Kier molecular flexibility index (Phi) is 4.40. The van der Waals surface area contributed by atoms with Crippen molar-refractivity contribution < 1.29 is 9.13 Å². The summed E-state index contributed by atoms with van der Waals surface area (Å²) in [5.74, 6) is 0.338. The number of halogens is 2. The molecule has 0 bridgehead atoms. The number of ether oxygens (including phenoxy) is 1. The minimum absolute atomic E-state index is 0.220. The molecule has 17 heavy (non-hydrogen) atoms. The monoisotopic (exact) mass is 301 g/mol. The van der Waals surface area contributed by atoms with Crippen LogP contribution in [0.3, 0.4) is 0 Å². The van der Waals surface area contributed by atoms with Gasteiger partial charge >= 0.3 is 0 Å². The molecule has 1 aromatic rings. The van der Waals surface area contributed by atoms with Gasteiger partial charge in [-0.05, 0) is 37.9 Å². The summed E-state index contributed by atoms with van der Waals surface area (Å²) in [4.78, 5) is 0. The zero-order chi connectivity index (χ0) is 12.3. The molecule has 1 aliphatic carbocycles. The molecule has 0 spiro atoms. The van der Waals surface area contributed by atoms with Gasteiger partial charge in [0.15, 0.2) is 0 Å². The zero-order valence-electron chi connectivity index (χ0n) is 9.88. The van der Waals surface area contributed by atoms with Gasteiger partial charge in [0, 0.05) is 16.6 Å². The van der Waals surface area contributed by atoms with Gasteiger partial charge in [-0.3, -0.25) is 0 Å². The second-order valence-electron chi connectivity index (χ2n) is 4.47. The van der Waals surface area contributed by atoms with Crippen LogP contribution < -0.4 is 10.1 Å². The first-order valence-electron chi connectivity index (χ1n) is 6.03. The molecule has 0 aliphatic heterocycles. The van der Waals surface area contributed by atoms with Crippen LogP contribution in [-0.4, -0.2) is 18.7 Å². The lowest BCUT2D eigenvalue weighted by molar-refractivity contribution is 0.0849. The molecule has 1 fully saturated rings. The maximum absolute atomic E-state index is 13.1. The molecule has 2 rings (SSSR count). The van der Waals surface area contributed by atoms with E-state index < -0.39 is 0 Å². The van der Waals surface area contributed by atoms with E-state index in [1.54, 1.807) is 6.07 Å². The van der Waals surface area contributed by atoms with Crippen LogP contribution in [0.1, 0.15) is 26.2 Å². The molecule has 0 amide bonds. The molecule has 0 radical (unpaired) electrons. The molecule has 94 valence electrons. The molecule has 1 aliphatic rings. The van der Waals surface area contributed by atoms with Crippen LogP contribution in [0.2, 0.25) is 0 Å². The predicted molar refractivity (Wildman–Crippen MR) is 69.8 cm³/mol. The fourth-order valence-electron chi connectivity index (χ4n) is 1.97. The summed E-state index contributed by atoms with van der Waals surface area (Å²) in [6.07, 6.45) is 3.39. The summed E-state index contributed by atoms with van der Waals surface area (Å²) in [6, 6.07) is 5.23. The molecule has 4 heteroatoms. The molecule has 1 saturated carbocycles. The van der Waals surface area contributed by atoms with Crippen molar-refractivity contribution in [3.8, 4) is 5.75 Å². The van der Waals surface area contributed by atoms with Crippen molar-refractivity contribution in [1.29, 1.82) is 0 Å². The van der Waals surface area contributed by atoms with Gasteiger partial charge in [0.25, 0.3) is 0 Å². The van der Waals surface area contributed by atoms with Crippen LogP contribution in [0, 0.1) is 5.82 Å². The smallest absolute Gasteiger partial charge is 0.128 e. The Balaban J connectivity index is 1.79. The summed E-state index contributed by atoms with van der Waals surface area (Å²) in [5, 5.41) is 3.44. The number of hydrogen-bond donors (Lipinski definition) is 1. The Morgan fingerprint density at radius 1 is 1.41 bits per heavy atom. The van der Waals surface area contributed by atoms with Crippen molar-refractivity contribution in [2.75, 3.05) is 6.54 Å². The molecule has 0 unspecified atom stereocenters. The maximum atomic E-state index is 13.1. The van der Waals surface area contributed by atoms with Crippen molar-refractivity contribution in [1.82, 2.24) is 5.32 Å². The summed E-state index contributed by atoms with van der Waals surface area (Å²) in [7, 11) is 0. The van der Waals surface area contributed by atoms with E-state index in [0.29, 0.717) is 16.3 Å². The predicted octanol–water partition coefficient (Wildman–Crippen LogP) is 3.50. The second-order valence-corrected chi connectivity index (χ2v) is 5.38. The van der Waals surface area contributed by atoms with Gasteiger partial charge in [-0.2, -0.15) is 0 Å². The number of hydrogen-bond acceptors (Lipinski definition) is 2. The normalized spacial score (nSPS) is 23.2. The van der Waals surface area contributed by atoms with Gasteiger partial charge in [0.2, 0.25) is 0 Å². The van der Waals surface area contributed by atoms with Crippen molar-refractivity contribution in [3.63, 3.8) is 0 Å². The number of nitrogens with one attached hydrogen (secondary N) is 1. The largest absolute Gasteiger partial charge is 0.490 e. The van der Waals surface area contributed by atoms with Gasteiger partial charge in [0.1, 0.15) is 17.7 Å². The fourth-order valence-corrected chi connectivity index (χ4v) is 2.41. The van der Waals surface area contributed by atoms with E-state index in [-0.39, 0.29) is 11.9 Å². The summed E-state index contributed by atoms with van der Waals surface area (Å²) in [6.45, 7) is 3.22. The highest BCUT2D eigenvalue weighted by atomic mass is 79.9. The van der Waals surface area contributed by atoms with E-state index >= 15 is 0 Å². The molecule has 1 aromatic carbocycles. The lowest BCUT2D eigenvalue weighted by Gasteiger charge is -2.36. The average Bonchev–Trinajstić information content (AvgIpc) is 2.19. The lowest BCUT2D eigenvalue weighted by atomic mass is 9.89.